The van der Waals surface area contributed by atoms with Crippen LogP contribution in [0.4, 0.5) is 0 Å². The average Bonchev–Trinajstić information content (AvgIpc) is 3.28. The molecule has 1 aromatic rings. The van der Waals surface area contributed by atoms with Crippen molar-refractivity contribution in [3.05, 3.63) is 34.9 Å². The lowest BCUT2D eigenvalue weighted by Crippen LogP contribution is -2.43. The number of amides is 1. The molecule has 0 bridgehead atoms. The number of halogens is 1. The Hall–Kier alpha value is -1.59. The second-order valence-electron chi connectivity index (χ2n) is 5.48. The van der Waals surface area contributed by atoms with Crippen LogP contribution < -0.4 is 0 Å². The number of carboxylic acid groups (broad SMARTS) is 1. The van der Waals surface area contributed by atoms with Gasteiger partial charge in [0.1, 0.15) is 6.10 Å². The molecule has 1 aliphatic heterocycles. The molecule has 1 amide bonds. The first-order valence-electron chi connectivity index (χ1n) is 6.95. The molecule has 1 heterocycles. The molecule has 1 aromatic carbocycles. The van der Waals surface area contributed by atoms with Gasteiger partial charge in [0.2, 0.25) is 5.91 Å². The van der Waals surface area contributed by atoms with E-state index in [1.807, 2.05) is 12.1 Å². The molecule has 3 rings (SSSR count). The second-order valence-corrected chi connectivity index (χ2v) is 5.92. The van der Waals surface area contributed by atoms with Crippen LogP contribution in [0.25, 0.3) is 0 Å². The Morgan fingerprint density at radius 2 is 1.95 bits per heavy atom. The van der Waals surface area contributed by atoms with E-state index in [2.05, 4.69) is 0 Å². The number of hydrogen-bond acceptors (Lipinski definition) is 3. The summed E-state index contributed by atoms with van der Waals surface area (Å²) in [6.45, 7) is 1.44. The Labute approximate surface area is 127 Å². The number of rotatable bonds is 3. The van der Waals surface area contributed by atoms with Gasteiger partial charge in [-0.25, -0.2) is 0 Å². The summed E-state index contributed by atoms with van der Waals surface area (Å²) >= 11 is 5.86. The van der Waals surface area contributed by atoms with Crippen LogP contribution in [0.3, 0.4) is 0 Å². The van der Waals surface area contributed by atoms with Crippen molar-refractivity contribution >= 4 is 23.5 Å². The maximum atomic E-state index is 12.3. The fourth-order valence-corrected chi connectivity index (χ4v) is 2.83. The lowest BCUT2D eigenvalue weighted by Gasteiger charge is -2.33. The van der Waals surface area contributed by atoms with E-state index in [0.717, 1.165) is 5.56 Å². The third kappa shape index (κ3) is 3.04. The smallest absolute Gasteiger partial charge is 0.307 e. The van der Waals surface area contributed by atoms with Gasteiger partial charge in [-0.3, -0.25) is 9.59 Å². The molecule has 2 aliphatic rings. The monoisotopic (exact) mass is 309 g/mol. The average molecular weight is 310 g/mol. The Morgan fingerprint density at radius 3 is 2.57 bits per heavy atom. The zero-order valence-electron chi connectivity index (χ0n) is 11.4. The van der Waals surface area contributed by atoms with Crippen molar-refractivity contribution < 1.29 is 19.4 Å². The number of carbonyl (C=O) groups is 2. The Bertz CT molecular complexity index is 559. The van der Waals surface area contributed by atoms with Gasteiger partial charge in [0.05, 0.1) is 25.0 Å². The van der Waals surface area contributed by atoms with Gasteiger partial charge < -0.3 is 14.7 Å². The summed E-state index contributed by atoms with van der Waals surface area (Å²) in [5.74, 6) is -1.80. The highest BCUT2D eigenvalue weighted by molar-refractivity contribution is 6.30. The van der Waals surface area contributed by atoms with E-state index < -0.39 is 11.9 Å². The minimum Gasteiger partial charge on any atom is -0.481 e. The number of carboxylic acids is 1. The normalized spacial score (nSPS) is 28.2. The van der Waals surface area contributed by atoms with Crippen molar-refractivity contribution in [3.63, 3.8) is 0 Å². The molecule has 112 valence electrons. The Morgan fingerprint density at radius 1 is 1.24 bits per heavy atom. The van der Waals surface area contributed by atoms with Crippen LogP contribution in [0.15, 0.2) is 24.3 Å². The van der Waals surface area contributed by atoms with Gasteiger partial charge in [-0.15, -0.1) is 0 Å². The van der Waals surface area contributed by atoms with Gasteiger partial charge in [0.25, 0.3) is 0 Å². The van der Waals surface area contributed by atoms with Gasteiger partial charge in [0, 0.05) is 11.6 Å². The summed E-state index contributed by atoms with van der Waals surface area (Å²) in [5, 5.41) is 9.58. The number of aliphatic carboxylic acids is 1. The molecule has 0 spiro atoms. The van der Waals surface area contributed by atoms with Crippen molar-refractivity contribution in [2.75, 3.05) is 19.7 Å². The molecule has 6 heteroatoms. The molecule has 1 saturated heterocycles. The van der Waals surface area contributed by atoms with E-state index in [1.165, 1.54) is 0 Å². The van der Waals surface area contributed by atoms with Gasteiger partial charge in [-0.1, -0.05) is 23.7 Å². The van der Waals surface area contributed by atoms with Crippen LogP contribution in [0.2, 0.25) is 5.02 Å². The summed E-state index contributed by atoms with van der Waals surface area (Å²) in [6, 6.07) is 7.36. The standard InChI is InChI=1S/C15H16ClNO4/c16-10-3-1-9(2-4-10)13-8-17(5-6-21-13)14(18)11-7-12(11)15(19)20/h1-4,11-13H,5-8H2,(H,19,20)/t11-,12-,13+/m1/s1. The fraction of sp³-hybridized carbons (Fsp3) is 0.467. The molecule has 21 heavy (non-hydrogen) atoms. The number of ether oxygens (including phenoxy) is 1. The van der Waals surface area contributed by atoms with Crippen LogP contribution >= 0.6 is 11.6 Å². The van der Waals surface area contributed by atoms with Gasteiger partial charge in [0.15, 0.2) is 0 Å². The molecule has 5 nitrogen and oxygen atoms in total. The molecule has 2 fully saturated rings. The van der Waals surface area contributed by atoms with Crippen molar-refractivity contribution in [1.82, 2.24) is 4.90 Å². The highest BCUT2D eigenvalue weighted by Gasteiger charge is 2.50. The molecule has 3 atom stereocenters. The molecular weight excluding hydrogens is 294 g/mol. The van der Waals surface area contributed by atoms with Crippen LogP contribution in [0.1, 0.15) is 18.1 Å². The van der Waals surface area contributed by atoms with E-state index in [1.54, 1.807) is 17.0 Å². The number of benzene rings is 1. The first kappa shape index (κ1) is 14.4. The van der Waals surface area contributed by atoms with E-state index in [-0.39, 0.29) is 17.9 Å². The zero-order valence-corrected chi connectivity index (χ0v) is 12.1. The van der Waals surface area contributed by atoms with Crippen LogP contribution in [-0.4, -0.2) is 41.6 Å². The third-order valence-electron chi connectivity index (χ3n) is 4.04. The minimum absolute atomic E-state index is 0.0651. The highest BCUT2D eigenvalue weighted by atomic mass is 35.5. The van der Waals surface area contributed by atoms with Crippen LogP contribution in [0, 0.1) is 11.8 Å². The van der Waals surface area contributed by atoms with E-state index in [9.17, 15) is 9.59 Å². The number of morpholine rings is 1. The predicted molar refractivity (Wildman–Crippen MR) is 76.0 cm³/mol. The van der Waals surface area contributed by atoms with Crippen molar-refractivity contribution in [2.24, 2.45) is 11.8 Å². The lowest BCUT2D eigenvalue weighted by molar-refractivity contribution is -0.145. The van der Waals surface area contributed by atoms with Crippen molar-refractivity contribution in [3.8, 4) is 0 Å². The second kappa shape index (κ2) is 5.66. The summed E-state index contributed by atoms with van der Waals surface area (Å²) in [4.78, 5) is 24.9. The molecule has 0 aromatic heterocycles. The largest absolute Gasteiger partial charge is 0.481 e. The number of nitrogens with zero attached hydrogens (tertiary/aromatic N) is 1. The van der Waals surface area contributed by atoms with Gasteiger partial charge in [-0.2, -0.15) is 0 Å². The molecule has 0 radical (unpaired) electrons. The fourth-order valence-electron chi connectivity index (χ4n) is 2.70. The molecule has 1 saturated carbocycles. The van der Waals surface area contributed by atoms with Crippen molar-refractivity contribution in [2.45, 2.75) is 12.5 Å². The SMILES string of the molecule is O=C(O)[C@@H]1C[C@H]1C(=O)N1CCO[C@H](c2ccc(Cl)cc2)C1. The maximum absolute atomic E-state index is 12.3. The molecule has 1 N–H and O–H groups in total. The summed E-state index contributed by atoms with van der Waals surface area (Å²) in [5.41, 5.74) is 0.975. The van der Waals surface area contributed by atoms with Crippen LogP contribution in [-0.2, 0) is 14.3 Å². The Kier molecular flexibility index (Phi) is 3.87. The quantitative estimate of drug-likeness (QED) is 0.927. The molecular formula is C15H16ClNO4. The summed E-state index contributed by atoms with van der Waals surface area (Å²) < 4.78 is 5.71. The van der Waals surface area contributed by atoms with Crippen LogP contribution in [0.5, 0.6) is 0 Å². The van der Waals surface area contributed by atoms with E-state index >= 15 is 0 Å². The number of hydrogen-bond donors (Lipinski definition) is 1. The first-order chi connectivity index (χ1) is 10.1. The molecule has 1 aliphatic carbocycles. The lowest BCUT2D eigenvalue weighted by atomic mass is 10.1. The predicted octanol–water partition coefficient (Wildman–Crippen LogP) is 1.96. The minimum atomic E-state index is -0.879. The van der Waals surface area contributed by atoms with Gasteiger partial charge in [-0.05, 0) is 24.1 Å². The van der Waals surface area contributed by atoms with Gasteiger partial charge >= 0.3 is 5.97 Å². The number of carbonyl (C=O) groups excluding carboxylic acids is 1. The van der Waals surface area contributed by atoms with E-state index in [0.29, 0.717) is 31.1 Å². The third-order valence-corrected chi connectivity index (χ3v) is 4.30. The molecule has 0 unspecified atom stereocenters. The maximum Gasteiger partial charge on any atom is 0.307 e. The first-order valence-corrected chi connectivity index (χ1v) is 7.32. The Balaban J connectivity index is 1.65. The zero-order chi connectivity index (χ0) is 15.0. The van der Waals surface area contributed by atoms with Crippen molar-refractivity contribution in [1.29, 1.82) is 0 Å². The summed E-state index contributed by atoms with van der Waals surface area (Å²) in [6.07, 6.45) is 0.277. The summed E-state index contributed by atoms with van der Waals surface area (Å²) in [7, 11) is 0. The highest BCUT2D eigenvalue weighted by Crippen LogP contribution is 2.40. The van der Waals surface area contributed by atoms with E-state index in [4.69, 9.17) is 21.4 Å². The topological polar surface area (TPSA) is 66.8 Å².